The van der Waals surface area contributed by atoms with Crippen molar-refractivity contribution in [3.8, 4) is 0 Å². The summed E-state index contributed by atoms with van der Waals surface area (Å²) in [4.78, 5) is 24.7. The topological polar surface area (TPSA) is 95.6 Å². The van der Waals surface area contributed by atoms with E-state index in [2.05, 4.69) is 17.2 Å². The van der Waals surface area contributed by atoms with Crippen LogP contribution < -0.4 is 14.9 Å². The number of para-hydroxylation sites is 1. The molecule has 0 aliphatic carbocycles. The van der Waals surface area contributed by atoms with E-state index in [1.807, 2.05) is 0 Å². The van der Waals surface area contributed by atoms with Crippen molar-refractivity contribution >= 4 is 33.2 Å². The van der Waals surface area contributed by atoms with Crippen molar-refractivity contribution in [2.75, 3.05) is 29.5 Å². The molecule has 0 radical (unpaired) electrons. The Morgan fingerprint density at radius 2 is 1.70 bits per heavy atom. The van der Waals surface area contributed by atoms with Crippen LogP contribution in [-0.4, -0.2) is 40.1 Å². The van der Waals surface area contributed by atoms with E-state index in [1.54, 1.807) is 42.5 Å². The van der Waals surface area contributed by atoms with Gasteiger partial charge in [-0.15, -0.1) is 6.58 Å². The Labute approximate surface area is 158 Å². The lowest BCUT2D eigenvalue weighted by Crippen LogP contribution is -2.25. The highest BCUT2D eigenvalue weighted by Gasteiger charge is 2.15. The second-order valence-corrected chi connectivity index (χ2v) is 7.79. The molecule has 0 heterocycles. The monoisotopic (exact) mass is 387 g/mol. The SMILES string of the molecule is C=CCNC(=O)c1ccccc1NC(=O)c1ccc(N(C)S(C)(=O)=O)cc1. The van der Waals surface area contributed by atoms with Crippen LogP contribution in [0.1, 0.15) is 20.7 Å². The minimum Gasteiger partial charge on any atom is -0.349 e. The van der Waals surface area contributed by atoms with Crippen LogP contribution in [0.5, 0.6) is 0 Å². The number of carbonyl (C=O) groups excluding carboxylic acids is 2. The van der Waals surface area contributed by atoms with Crippen molar-refractivity contribution in [3.63, 3.8) is 0 Å². The number of benzene rings is 2. The van der Waals surface area contributed by atoms with Crippen LogP contribution in [0.2, 0.25) is 0 Å². The predicted octanol–water partition coefficient (Wildman–Crippen LogP) is 2.25. The first-order valence-corrected chi connectivity index (χ1v) is 9.92. The lowest BCUT2D eigenvalue weighted by Gasteiger charge is -2.17. The molecule has 0 bridgehead atoms. The highest BCUT2D eigenvalue weighted by molar-refractivity contribution is 7.92. The summed E-state index contributed by atoms with van der Waals surface area (Å²) in [5, 5.41) is 5.37. The van der Waals surface area contributed by atoms with Gasteiger partial charge < -0.3 is 10.6 Å². The molecule has 0 unspecified atom stereocenters. The number of nitrogens with zero attached hydrogens (tertiary/aromatic N) is 1. The molecule has 0 aromatic heterocycles. The van der Waals surface area contributed by atoms with Gasteiger partial charge in [-0.3, -0.25) is 13.9 Å². The van der Waals surface area contributed by atoms with Gasteiger partial charge in [-0.1, -0.05) is 18.2 Å². The molecule has 0 aliphatic heterocycles. The van der Waals surface area contributed by atoms with Gasteiger partial charge >= 0.3 is 0 Å². The summed E-state index contributed by atoms with van der Waals surface area (Å²) in [6.45, 7) is 3.86. The predicted molar refractivity (Wildman–Crippen MR) is 107 cm³/mol. The minimum atomic E-state index is -3.38. The maximum atomic E-state index is 12.5. The van der Waals surface area contributed by atoms with E-state index >= 15 is 0 Å². The number of rotatable bonds is 7. The number of carbonyl (C=O) groups is 2. The molecule has 2 rings (SSSR count). The first kappa shape index (κ1) is 20.2. The van der Waals surface area contributed by atoms with Crippen LogP contribution >= 0.6 is 0 Å². The number of hydrogen-bond acceptors (Lipinski definition) is 4. The number of sulfonamides is 1. The van der Waals surface area contributed by atoms with Gasteiger partial charge in [0, 0.05) is 19.2 Å². The molecule has 142 valence electrons. The third-order valence-electron chi connectivity index (χ3n) is 3.82. The average molecular weight is 387 g/mol. The van der Waals surface area contributed by atoms with Gasteiger partial charge in [-0.25, -0.2) is 8.42 Å². The maximum Gasteiger partial charge on any atom is 0.255 e. The zero-order valence-electron chi connectivity index (χ0n) is 15.1. The first-order chi connectivity index (χ1) is 12.7. The molecule has 2 aromatic rings. The molecule has 0 atom stereocenters. The van der Waals surface area contributed by atoms with Crippen molar-refractivity contribution < 1.29 is 18.0 Å². The van der Waals surface area contributed by atoms with Gasteiger partial charge in [0.15, 0.2) is 0 Å². The van der Waals surface area contributed by atoms with Crippen molar-refractivity contribution in [1.29, 1.82) is 0 Å². The van der Waals surface area contributed by atoms with Crippen LogP contribution in [0.3, 0.4) is 0 Å². The van der Waals surface area contributed by atoms with Gasteiger partial charge in [0.25, 0.3) is 11.8 Å². The molecule has 2 amide bonds. The van der Waals surface area contributed by atoms with E-state index in [4.69, 9.17) is 0 Å². The number of hydrogen-bond donors (Lipinski definition) is 2. The van der Waals surface area contributed by atoms with Crippen LogP contribution in [-0.2, 0) is 10.0 Å². The van der Waals surface area contributed by atoms with Crippen LogP contribution in [0.25, 0.3) is 0 Å². The van der Waals surface area contributed by atoms with Crippen molar-refractivity contribution in [2.45, 2.75) is 0 Å². The van der Waals surface area contributed by atoms with Crippen LogP contribution in [0.15, 0.2) is 61.2 Å². The molecule has 0 saturated heterocycles. The van der Waals surface area contributed by atoms with Gasteiger partial charge in [0.05, 0.1) is 23.2 Å². The molecule has 0 fully saturated rings. The lowest BCUT2D eigenvalue weighted by atomic mass is 10.1. The Morgan fingerprint density at radius 1 is 1.07 bits per heavy atom. The van der Waals surface area contributed by atoms with E-state index < -0.39 is 15.9 Å². The smallest absolute Gasteiger partial charge is 0.255 e. The largest absolute Gasteiger partial charge is 0.349 e. The molecular weight excluding hydrogens is 366 g/mol. The molecular formula is C19H21N3O4S. The number of anilines is 2. The second kappa shape index (κ2) is 8.50. The summed E-state index contributed by atoms with van der Waals surface area (Å²) in [6.07, 6.45) is 2.66. The summed E-state index contributed by atoms with van der Waals surface area (Å²) in [5.74, 6) is -0.733. The highest BCUT2D eigenvalue weighted by atomic mass is 32.2. The van der Waals surface area contributed by atoms with Crippen LogP contribution in [0.4, 0.5) is 11.4 Å². The molecule has 7 nitrogen and oxygen atoms in total. The Hall–Kier alpha value is -3.13. The van der Waals surface area contributed by atoms with Crippen molar-refractivity contribution in [1.82, 2.24) is 5.32 Å². The standard InChI is InChI=1S/C19H21N3O4S/c1-4-13-20-19(24)16-7-5-6-8-17(16)21-18(23)14-9-11-15(12-10-14)22(2)27(3,25)26/h4-12H,1,13H2,2-3H3,(H,20,24)(H,21,23). The molecule has 0 aliphatic rings. The van der Waals surface area contributed by atoms with Gasteiger partial charge in [-0.2, -0.15) is 0 Å². The lowest BCUT2D eigenvalue weighted by molar-refractivity contribution is 0.0959. The zero-order valence-corrected chi connectivity index (χ0v) is 15.9. The normalized spacial score (nSPS) is 10.7. The summed E-state index contributed by atoms with van der Waals surface area (Å²) >= 11 is 0. The van der Waals surface area contributed by atoms with E-state index in [0.29, 0.717) is 29.0 Å². The molecule has 2 N–H and O–H groups in total. The fraction of sp³-hybridized carbons (Fsp3) is 0.158. The summed E-state index contributed by atoms with van der Waals surface area (Å²) < 4.78 is 24.3. The van der Waals surface area contributed by atoms with Crippen LogP contribution in [0, 0.1) is 0 Å². The second-order valence-electron chi connectivity index (χ2n) is 5.78. The maximum absolute atomic E-state index is 12.5. The summed E-state index contributed by atoms with van der Waals surface area (Å²) in [6, 6.07) is 12.8. The quantitative estimate of drug-likeness (QED) is 0.713. The van der Waals surface area contributed by atoms with Gasteiger partial charge in [-0.05, 0) is 36.4 Å². The number of nitrogens with one attached hydrogen (secondary N) is 2. The zero-order chi connectivity index (χ0) is 20.0. The Morgan fingerprint density at radius 3 is 2.30 bits per heavy atom. The Balaban J connectivity index is 2.18. The third kappa shape index (κ3) is 5.18. The third-order valence-corrected chi connectivity index (χ3v) is 5.02. The molecule has 27 heavy (non-hydrogen) atoms. The van der Waals surface area contributed by atoms with E-state index in [-0.39, 0.29) is 5.91 Å². The molecule has 0 spiro atoms. The summed E-state index contributed by atoms with van der Waals surface area (Å²) in [5.41, 5.74) is 1.49. The van der Waals surface area contributed by atoms with Crippen molar-refractivity contribution in [2.24, 2.45) is 0 Å². The average Bonchev–Trinajstić information content (AvgIpc) is 2.65. The number of amides is 2. The Bertz CT molecular complexity index is 953. The minimum absolute atomic E-state index is 0.316. The Kier molecular flexibility index (Phi) is 6.36. The molecule has 0 saturated carbocycles. The van der Waals surface area contributed by atoms with E-state index in [0.717, 1.165) is 10.6 Å². The fourth-order valence-electron chi connectivity index (χ4n) is 2.26. The molecule has 2 aromatic carbocycles. The summed E-state index contributed by atoms with van der Waals surface area (Å²) in [7, 11) is -1.95. The van der Waals surface area contributed by atoms with E-state index in [1.165, 1.54) is 19.2 Å². The fourth-order valence-corrected chi connectivity index (χ4v) is 2.76. The van der Waals surface area contributed by atoms with E-state index in [9.17, 15) is 18.0 Å². The van der Waals surface area contributed by atoms with Gasteiger partial charge in [0.1, 0.15) is 0 Å². The van der Waals surface area contributed by atoms with Crippen molar-refractivity contribution in [3.05, 3.63) is 72.3 Å². The van der Waals surface area contributed by atoms with Gasteiger partial charge in [0.2, 0.25) is 10.0 Å². The highest BCUT2D eigenvalue weighted by Crippen LogP contribution is 2.19. The first-order valence-electron chi connectivity index (χ1n) is 8.07. The molecule has 8 heteroatoms.